The van der Waals surface area contributed by atoms with Gasteiger partial charge in [0.05, 0.1) is 13.2 Å². The number of aryl methyl sites for hydroxylation is 1. The highest BCUT2D eigenvalue weighted by molar-refractivity contribution is 5.68. The molecule has 8 heteroatoms. The molecule has 0 radical (unpaired) electrons. The summed E-state index contributed by atoms with van der Waals surface area (Å²) in [5.41, 5.74) is -0.563. The molecule has 0 aromatic carbocycles. The Hall–Kier alpha value is -1.70. The predicted molar refractivity (Wildman–Crippen MR) is 81.3 cm³/mol. The third-order valence-corrected chi connectivity index (χ3v) is 2.68. The Morgan fingerprint density at radius 1 is 1.36 bits per heavy atom. The van der Waals surface area contributed by atoms with Gasteiger partial charge in [0.15, 0.2) is 5.82 Å². The molecule has 126 valence electrons. The number of aromatic nitrogens is 4. The smallest absolute Gasteiger partial charge is 0.408 e. The van der Waals surface area contributed by atoms with Crippen LogP contribution in [-0.2, 0) is 16.0 Å². The Balaban J connectivity index is 2.66. The topological polar surface area (TPSA) is 91.2 Å². The zero-order valence-electron chi connectivity index (χ0n) is 14.1. The number of rotatable bonds is 8. The van der Waals surface area contributed by atoms with Crippen molar-refractivity contribution in [3.63, 3.8) is 0 Å². The van der Waals surface area contributed by atoms with E-state index in [0.717, 1.165) is 12.8 Å². The van der Waals surface area contributed by atoms with Crippen LogP contribution in [0.25, 0.3) is 0 Å². The summed E-state index contributed by atoms with van der Waals surface area (Å²) >= 11 is 0. The van der Waals surface area contributed by atoms with Crippen molar-refractivity contribution in [2.75, 3.05) is 13.2 Å². The van der Waals surface area contributed by atoms with Crippen LogP contribution in [0.2, 0.25) is 0 Å². The monoisotopic (exact) mass is 313 g/mol. The van der Waals surface area contributed by atoms with E-state index >= 15 is 0 Å². The lowest BCUT2D eigenvalue weighted by Gasteiger charge is -2.22. The SMILES string of the molecule is CCCCOC[C@H](NC(=O)OC(C)(C)C)c1nnn(CC)n1. The largest absolute Gasteiger partial charge is 0.444 e. The van der Waals surface area contributed by atoms with E-state index in [1.807, 2.05) is 27.7 Å². The van der Waals surface area contributed by atoms with Crippen molar-refractivity contribution in [2.24, 2.45) is 0 Å². The molecular formula is C14H27N5O3. The summed E-state index contributed by atoms with van der Waals surface area (Å²) in [7, 11) is 0. The van der Waals surface area contributed by atoms with Crippen molar-refractivity contribution in [2.45, 2.75) is 65.6 Å². The lowest BCUT2D eigenvalue weighted by molar-refractivity contribution is 0.0432. The van der Waals surface area contributed by atoms with E-state index in [-0.39, 0.29) is 6.61 Å². The van der Waals surface area contributed by atoms with Crippen molar-refractivity contribution in [3.8, 4) is 0 Å². The van der Waals surface area contributed by atoms with Gasteiger partial charge in [-0.15, -0.1) is 10.2 Å². The molecule has 0 fully saturated rings. The minimum Gasteiger partial charge on any atom is -0.444 e. The average Bonchev–Trinajstić information content (AvgIpc) is 2.89. The summed E-state index contributed by atoms with van der Waals surface area (Å²) in [4.78, 5) is 13.4. The maximum Gasteiger partial charge on any atom is 0.408 e. The first-order valence-corrected chi connectivity index (χ1v) is 7.70. The van der Waals surface area contributed by atoms with Gasteiger partial charge in [-0.3, -0.25) is 0 Å². The van der Waals surface area contributed by atoms with Gasteiger partial charge in [-0.2, -0.15) is 4.80 Å². The summed E-state index contributed by atoms with van der Waals surface area (Å²) in [6, 6.07) is -0.480. The number of amides is 1. The number of alkyl carbamates (subject to hydrolysis) is 1. The highest BCUT2D eigenvalue weighted by Gasteiger charge is 2.23. The van der Waals surface area contributed by atoms with Gasteiger partial charge in [-0.05, 0) is 39.3 Å². The van der Waals surface area contributed by atoms with Crippen LogP contribution in [0.3, 0.4) is 0 Å². The van der Waals surface area contributed by atoms with E-state index < -0.39 is 17.7 Å². The summed E-state index contributed by atoms with van der Waals surface area (Å²) in [6.07, 6.45) is 1.49. The first-order chi connectivity index (χ1) is 10.4. The molecule has 22 heavy (non-hydrogen) atoms. The number of tetrazole rings is 1. The van der Waals surface area contributed by atoms with Gasteiger partial charge in [0, 0.05) is 6.61 Å². The van der Waals surface area contributed by atoms with E-state index in [2.05, 4.69) is 27.7 Å². The second-order valence-corrected chi connectivity index (χ2v) is 5.96. The maximum atomic E-state index is 11.9. The molecule has 8 nitrogen and oxygen atoms in total. The van der Waals surface area contributed by atoms with E-state index in [4.69, 9.17) is 9.47 Å². The number of carbonyl (C=O) groups is 1. The van der Waals surface area contributed by atoms with Crippen LogP contribution in [0.5, 0.6) is 0 Å². The lowest BCUT2D eigenvalue weighted by Crippen LogP contribution is -2.37. The highest BCUT2D eigenvalue weighted by atomic mass is 16.6. The molecule has 0 spiro atoms. The van der Waals surface area contributed by atoms with Gasteiger partial charge in [0.2, 0.25) is 0 Å². The predicted octanol–water partition coefficient (Wildman–Crippen LogP) is 2.08. The molecular weight excluding hydrogens is 286 g/mol. The first-order valence-electron chi connectivity index (χ1n) is 7.70. The molecule has 0 aliphatic rings. The second kappa shape index (κ2) is 8.67. The maximum absolute atomic E-state index is 11.9. The zero-order valence-corrected chi connectivity index (χ0v) is 14.1. The molecule has 0 unspecified atom stereocenters. The number of hydrogen-bond acceptors (Lipinski definition) is 6. The van der Waals surface area contributed by atoms with E-state index in [0.29, 0.717) is 19.0 Å². The fourth-order valence-corrected chi connectivity index (χ4v) is 1.61. The van der Waals surface area contributed by atoms with Crippen LogP contribution in [-0.4, -0.2) is 45.1 Å². The third kappa shape index (κ3) is 6.84. The molecule has 0 saturated carbocycles. The van der Waals surface area contributed by atoms with Crippen LogP contribution >= 0.6 is 0 Å². The summed E-state index contributed by atoms with van der Waals surface area (Å²) in [5.74, 6) is 0.421. The minimum atomic E-state index is -0.563. The summed E-state index contributed by atoms with van der Waals surface area (Å²) < 4.78 is 10.8. The summed E-state index contributed by atoms with van der Waals surface area (Å²) in [5, 5.41) is 14.8. The number of nitrogens with zero attached hydrogens (tertiary/aromatic N) is 4. The molecule has 1 heterocycles. The van der Waals surface area contributed by atoms with Crippen LogP contribution < -0.4 is 5.32 Å². The molecule has 1 aromatic heterocycles. The minimum absolute atomic E-state index is 0.286. The molecule has 0 saturated heterocycles. The van der Waals surface area contributed by atoms with Crippen LogP contribution in [0, 0.1) is 0 Å². The third-order valence-electron chi connectivity index (χ3n) is 2.68. The van der Waals surface area contributed by atoms with E-state index in [9.17, 15) is 4.79 Å². The van der Waals surface area contributed by atoms with Crippen molar-refractivity contribution < 1.29 is 14.3 Å². The molecule has 1 N–H and O–H groups in total. The molecule has 1 aromatic rings. The number of carbonyl (C=O) groups excluding carboxylic acids is 1. The van der Waals surface area contributed by atoms with E-state index in [1.54, 1.807) is 0 Å². The Kier molecular flexibility index (Phi) is 7.23. The van der Waals surface area contributed by atoms with E-state index in [1.165, 1.54) is 4.80 Å². The highest BCUT2D eigenvalue weighted by Crippen LogP contribution is 2.11. The molecule has 0 bridgehead atoms. The first kappa shape index (κ1) is 18.3. The Morgan fingerprint density at radius 3 is 2.64 bits per heavy atom. The van der Waals surface area contributed by atoms with Crippen molar-refractivity contribution in [1.29, 1.82) is 0 Å². The number of unbranched alkanes of at least 4 members (excludes halogenated alkanes) is 1. The van der Waals surface area contributed by atoms with Gasteiger partial charge in [0.25, 0.3) is 0 Å². The van der Waals surface area contributed by atoms with Crippen molar-refractivity contribution >= 4 is 6.09 Å². The number of hydrogen-bond donors (Lipinski definition) is 1. The fraction of sp³-hybridized carbons (Fsp3) is 0.857. The van der Waals surface area contributed by atoms with Gasteiger partial charge < -0.3 is 14.8 Å². The summed E-state index contributed by atoms with van der Waals surface area (Å²) in [6.45, 7) is 11.0. The van der Waals surface area contributed by atoms with Crippen molar-refractivity contribution in [1.82, 2.24) is 25.5 Å². The van der Waals surface area contributed by atoms with Crippen molar-refractivity contribution in [3.05, 3.63) is 5.82 Å². The van der Waals surface area contributed by atoms with Gasteiger partial charge in [0.1, 0.15) is 11.6 Å². The van der Waals surface area contributed by atoms with Gasteiger partial charge in [-0.25, -0.2) is 4.79 Å². The normalized spacial score (nSPS) is 13.0. The zero-order chi connectivity index (χ0) is 16.6. The molecule has 0 aliphatic carbocycles. The Labute approximate surface area is 131 Å². The van der Waals surface area contributed by atoms with Crippen LogP contribution in [0.15, 0.2) is 0 Å². The van der Waals surface area contributed by atoms with Gasteiger partial charge >= 0.3 is 6.09 Å². The number of ether oxygens (including phenoxy) is 2. The Morgan fingerprint density at radius 2 is 2.09 bits per heavy atom. The lowest BCUT2D eigenvalue weighted by atomic mass is 10.2. The second-order valence-electron chi connectivity index (χ2n) is 5.96. The average molecular weight is 313 g/mol. The van der Waals surface area contributed by atoms with Crippen LogP contribution in [0.4, 0.5) is 4.79 Å². The fourth-order valence-electron chi connectivity index (χ4n) is 1.61. The molecule has 1 atom stereocenters. The molecule has 1 rings (SSSR count). The number of nitrogens with one attached hydrogen (secondary N) is 1. The van der Waals surface area contributed by atoms with Crippen LogP contribution in [0.1, 0.15) is 59.3 Å². The standard InChI is InChI=1S/C14H27N5O3/c1-6-8-9-21-10-11(12-16-18-19(7-2)17-12)15-13(20)22-14(3,4)5/h11H,6-10H2,1-5H3,(H,15,20)/t11-/m0/s1. The quantitative estimate of drug-likeness (QED) is 0.739. The molecule has 0 aliphatic heterocycles. The van der Waals surface area contributed by atoms with Gasteiger partial charge in [-0.1, -0.05) is 13.3 Å². The molecule has 1 amide bonds. The Bertz CT molecular complexity index is 456.